The van der Waals surface area contributed by atoms with Gasteiger partial charge in [-0.25, -0.2) is 9.18 Å². The molecule has 6 nitrogen and oxygen atoms in total. The minimum Gasteiger partial charge on any atom is -0.355 e. The lowest BCUT2D eigenvalue weighted by atomic mass is 10.1. The Hall–Kier alpha value is -3.22. The van der Waals surface area contributed by atoms with Crippen molar-refractivity contribution < 1.29 is 9.18 Å². The van der Waals surface area contributed by atoms with Crippen LogP contribution in [-0.2, 0) is 24.3 Å². The summed E-state index contributed by atoms with van der Waals surface area (Å²) in [5, 5.41) is 3.19. The molecule has 0 unspecified atom stereocenters. The number of nitrogens with one attached hydrogen (secondary N) is 1. The Morgan fingerprint density at radius 3 is 2.61 bits per heavy atom. The SMILES string of the molecule is CCn1c(=O)c2ccccc2n(CC(=O)NCCCc2cccc(F)c2)c1=O. The number of aryl methyl sites for hydroxylation is 1. The monoisotopic (exact) mass is 383 g/mol. The van der Waals surface area contributed by atoms with Gasteiger partial charge >= 0.3 is 5.69 Å². The van der Waals surface area contributed by atoms with Crippen LogP contribution in [0.2, 0.25) is 0 Å². The van der Waals surface area contributed by atoms with Gasteiger partial charge in [0.05, 0.1) is 10.9 Å². The van der Waals surface area contributed by atoms with E-state index in [0.717, 1.165) is 10.1 Å². The molecule has 1 amide bonds. The van der Waals surface area contributed by atoms with E-state index in [0.29, 0.717) is 30.3 Å². The van der Waals surface area contributed by atoms with Crippen molar-refractivity contribution in [3.63, 3.8) is 0 Å². The van der Waals surface area contributed by atoms with Gasteiger partial charge in [-0.15, -0.1) is 0 Å². The van der Waals surface area contributed by atoms with Crippen molar-refractivity contribution >= 4 is 16.8 Å². The summed E-state index contributed by atoms with van der Waals surface area (Å²) in [6, 6.07) is 13.1. The van der Waals surface area contributed by atoms with Crippen molar-refractivity contribution in [3.05, 3.63) is 80.7 Å². The second kappa shape index (κ2) is 8.65. The van der Waals surface area contributed by atoms with E-state index in [-0.39, 0.29) is 30.4 Å². The molecule has 7 heteroatoms. The molecule has 3 rings (SSSR count). The van der Waals surface area contributed by atoms with Crippen LogP contribution in [-0.4, -0.2) is 21.6 Å². The number of halogens is 1. The van der Waals surface area contributed by atoms with E-state index in [1.807, 2.05) is 6.07 Å². The summed E-state index contributed by atoms with van der Waals surface area (Å²) in [4.78, 5) is 37.4. The first-order chi connectivity index (χ1) is 13.5. The molecule has 2 aromatic carbocycles. The van der Waals surface area contributed by atoms with Crippen molar-refractivity contribution in [1.29, 1.82) is 0 Å². The fourth-order valence-corrected chi connectivity index (χ4v) is 3.21. The van der Waals surface area contributed by atoms with Crippen molar-refractivity contribution in [2.45, 2.75) is 32.9 Å². The lowest BCUT2D eigenvalue weighted by Crippen LogP contribution is -2.42. The van der Waals surface area contributed by atoms with Gasteiger partial charge in [0.25, 0.3) is 5.56 Å². The largest absolute Gasteiger partial charge is 0.355 e. The van der Waals surface area contributed by atoms with Crippen LogP contribution in [0.1, 0.15) is 18.9 Å². The first-order valence-corrected chi connectivity index (χ1v) is 9.24. The Labute approximate surface area is 161 Å². The number of fused-ring (bicyclic) bond motifs is 1. The second-order valence-electron chi connectivity index (χ2n) is 6.52. The average Bonchev–Trinajstić information content (AvgIpc) is 2.69. The maximum atomic E-state index is 13.2. The molecular formula is C21H22FN3O3. The molecule has 1 aromatic heterocycles. The summed E-state index contributed by atoms with van der Waals surface area (Å²) < 4.78 is 15.6. The zero-order chi connectivity index (χ0) is 20.1. The molecule has 0 fully saturated rings. The number of carbonyl (C=O) groups is 1. The lowest BCUT2D eigenvalue weighted by molar-refractivity contribution is -0.121. The standard InChI is InChI=1S/C21H22FN3O3/c1-2-24-20(27)17-10-3-4-11-18(17)25(21(24)28)14-19(26)23-12-6-8-15-7-5-9-16(22)13-15/h3-5,7,9-11,13H,2,6,8,12,14H2,1H3,(H,23,26). The van der Waals surface area contributed by atoms with Gasteiger partial charge in [0.1, 0.15) is 12.4 Å². The van der Waals surface area contributed by atoms with Crippen LogP contribution < -0.4 is 16.6 Å². The molecule has 28 heavy (non-hydrogen) atoms. The zero-order valence-electron chi connectivity index (χ0n) is 15.7. The topological polar surface area (TPSA) is 73.1 Å². The Morgan fingerprint density at radius 1 is 1.07 bits per heavy atom. The van der Waals surface area contributed by atoms with Crippen LogP contribution in [0.3, 0.4) is 0 Å². The highest BCUT2D eigenvalue weighted by Gasteiger charge is 2.14. The number of hydrogen-bond acceptors (Lipinski definition) is 3. The Balaban J connectivity index is 1.69. The summed E-state index contributed by atoms with van der Waals surface area (Å²) in [5.74, 6) is -0.591. The van der Waals surface area contributed by atoms with Crippen molar-refractivity contribution in [3.8, 4) is 0 Å². The molecule has 0 radical (unpaired) electrons. The third kappa shape index (κ3) is 4.19. The maximum Gasteiger partial charge on any atom is 0.331 e. The van der Waals surface area contributed by atoms with E-state index in [1.165, 1.54) is 16.7 Å². The van der Waals surface area contributed by atoms with Crippen LogP contribution in [0.4, 0.5) is 4.39 Å². The molecule has 0 atom stereocenters. The third-order valence-electron chi connectivity index (χ3n) is 4.60. The van der Waals surface area contributed by atoms with Gasteiger partial charge in [0.2, 0.25) is 5.91 Å². The highest BCUT2D eigenvalue weighted by molar-refractivity contribution is 5.81. The van der Waals surface area contributed by atoms with Gasteiger partial charge in [-0.3, -0.25) is 18.7 Å². The van der Waals surface area contributed by atoms with Gasteiger partial charge in [-0.2, -0.15) is 0 Å². The minimum atomic E-state index is -0.499. The molecule has 1 heterocycles. The summed E-state index contributed by atoms with van der Waals surface area (Å²) in [7, 11) is 0. The lowest BCUT2D eigenvalue weighted by Gasteiger charge is -2.13. The van der Waals surface area contributed by atoms with E-state index in [9.17, 15) is 18.8 Å². The fourth-order valence-electron chi connectivity index (χ4n) is 3.21. The Morgan fingerprint density at radius 2 is 1.86 bits per heavy atom. The molecular weight excluding hydrogens is 361 g/mol. The number of para-hydroxylation sites is 1. The molecule has 0 aliphatic heterocycles. The highest BCUT2D eigenvalue weighted by atomic mass is 19.1. The Bertz CT molecular complexity index is 1120. The van der Waals surface area contributed by atoms with E-state index in [2.05, 4.69) is 5.32 Å². The van der Waals surface area contributed by atoms with Crippen molar-refractivity contribution in [1.82, 2.24) is 14.5 Å². The first kappa shape index (κ1) is 19.5. The van der Waals surface area contributed by atoms with Gasteiger partial charge in [0.15, 0.2) is 0 Å². The quantitative estimate of drug-likeness (QED) is 0.635. The predicted octanol–water partition coefficient (Wildman–Crippen LogP) is 2.07. The average molecular weight is 383 g/mol. The minimum absolute atomic E-state index is 0.167. The molecule has 3 aromatic rings. The smallest absolute Gasteiger partial charge is 0.331 e. The molecule has 0 aliphatic carbocycles. The van der Waals surface area contributed by atoms with Crippen molar-refractivity contribution in [2.75, 3.05) is 6.54 Å². The number of rotatable bonds is 7. The number of benzene rings is 2. The van der Waals surface area contributed by atoms with Crippen LogP contribution in [0, 0.1) is 5.82 Å². The van der Waals surface area contributed by atoms with Crippen LogP contribution >= 0.6 is 0 Å². The first-order valence-electron chi connectivity index (χ1n) is 9.24. The zero-order valence-corrected chi connectivity index (χ0v) is 15.7. The molecule has 146 valence electrons. The van der Waals surface area contributed by atoms with E-state index < -0.39 is 5.69 Å². The number of hydrogen-bond donors (Lipinski definition) is 1. The Kier molecular flexibility index (Phi) is 6.03. The van der Waals surface area contributed by atoms with Crippen LogP contribution in [0.5, 0.6) is 0 Å². The number of nitrogens with zero attached hydrogens (tertiary/aromatic N) is 2. The van der Waals surface area contributed by atoms with Gasteiger partial charge < -0.3 is 5.32 Å². The van der Waals surface area contributed by atoms with E-state index >= 15 is 0 Å². The normalized spacial score (nSPS) is 10.9. The molecule has 0 saturated carbocycles. The summed E-state index contributed by atoms with van der Waals surface area (Å²) in [5.41, 5.74) is 0.458. The van der Waals surface area contributed by atoms with Crippen LogP contribution in [0.25, 0.3) is 10.9 Å². The van der Waals surface area contributed by atoms with Crippen LogP contribution in [0.15, 0.2) is 58.1 Å². The molecule has 0 saturated heterocycles. The van der Waals surface area contributed by atoms with Gasteiger partial charge in [-0.1, -0.05) is 24.3 Å². The fraction of sp³-hybridized carbons (Fsp3) is 0.286. The van der Waals surface area contributed by atoms with Gasteiger partial charge in [0, 0.05) is 13.1 Å². The molecule has 1 N–H and O–H groups in total. The second-order valence-corrected chi connectivity index (χ2v) is 6.52. The highest BCUT2D eigenvalue weighted by Crippen LogP contribution is 2.08. The number of aromatic nitrogens is 2. The summed E-state index contributed by atoms with van der Waals surface area (Å²) in [6.07, 6.45) is 1.29. The van der Waals surface area contributed by atoms with E-state index in [4.69, 9.17) is 0 Å². The summed E-state index contributed by atoms with van der Waals surface area (Å²) in [6.45, 7) is 2.20. The number of carbonyl (C=O) groups excluding carboxylic acids is 1. The predicted molar refractivity (Wildman–Crippen MR) is 106 cm³/mol. The molecule has 0 spiro atoms. The third-order valence-corrected chi connectivity index (χ3v) is 4.60. The molecule has 0 bridgehead atoms. The maximum absolute atomic E-state index is 13.2. The van der Waals surface area contributed by atoms with Gasteiger partial charge in [-0.05, 0) is 49.6 Å². The molecule has 0 aliphatic rings. The summed E-state index contributed by atoms with van der Waals surface area (Å²) >= 11 is 0. The van der Waals surface area contributed by atoms with E-state index in [1.54, 1.807) is 37.3 Å². The number of amides is 1. The van der Waals surface area contributed by atoms with Crippen molar-refractivity contribution in [2.24, 2.45) is 0 Å².